The van der Waals surface area contributed by atoms with Crippen LogP contribution < -0.4 is 10.1 Å². The van der Waals surface area contributed by atoms with E-state index in [1.165, 1.54) is 0 Å². The number of methoxy groups -OCH3 is 1. The van der Waals surface area contributed by atoms with Crippen molar-refractivity contribution in [3.63, 3.8) is 0 Å². The van der Waals surface area contributed by atoms with Crippen molar-refractivity contribution in [2.45, 2.75) is 32.4 Å². The standard InChI is InChI=1S/C14H19NO/c1-5-11(3)15-13(6-2)12-9-7-8-10-14(12)16-4/h1,7-11,13,15H,6H2,2-4H3. The van der Waals surface area contributed by atoms with Crippen LogP contribution >= 0.6 is 0 Å². The summed E-state index contributed by atoms with van der Waals surface area (Å²) in [7, 11) is 1.69. The lowest BCUT2D eigenvalue weighted by atomic mass is 10.0. The molecule has 0 fully saturated rings. The average molecular weight is 217 g/mol. The third-order valence-corrected chi connectivity index (χ3v) is 2.62. The normalized spacial score (nSPS) is 13.9. The Hall–Kier alpha value is -1.46. The van der Waals surface area contributed by atoms with E-state index >= 15 is 0 Å². The number of hydrogen-bond donors (Lipinski definition) is 1. The van der Waals surface area contributed by atoms with Crippen LogP contribution in [0.1, 0.15) is 31.9 Å². The van der Waals surface area contributed by atoms with Crippen molar-refractivity contribution < 1.29 is 4.74 Å². The van der Waals surface area contributed by atoms with E-state index in [2.05, 4.69) is 24.2 Å². The van der Waals surface area contributed by atoms with Gasteiger partial charge in [-0.25, -0.2) is 0 Å². The van der Waals surface area contributed by atoms with Gasteiger partial charge in [-0.15, -0.1) is 6.42 Å². The summed E-state index contributed by atoms with van der Waals surface area (Å²) in [5, 5.41) is 3.39. The highest BCUT2D eigenvalue weighted by molar-refractivity contribution is 5.36. The molecule has 2 nitrogen and oxygen atoms in total. The minimum Gasteiger partial charge on any atom is -0.496 e. The maximum Gasteiger partial charge on any atom is 0.123 e. The molecule has 0 radical (unpaired) electrons. The van der Waals surface area contributed by atoms with Crippen LogP contribution in [0, 0.1) is 12.3 Å². The van der Waals surface area contributed by atoms with Gasteiger partial charge < -0.3 is 4.74 Å². The topological polar surface area (TPSA) is 21.3 Å². The molecule has 0 aliphatic heterocycles. The minimum atomic E-state index is 0.0647. The first-order valence-electron chi connectivity index (χ1n) is 5.58. The van der Waals surface area contributed by atoms with Crippen molar-refractivity contribution in [1.29, 1.82) is 0 Å². The second kappa shape index (κ2) is 6.19. The Morgan fingerprint density at radius 2 is 2.12 bits per heavy atom. The molecule has 1 rings (SSSR count). The van der Waals surface area contributed by atoms with Crippen molar-refractivity contribution in [3.8, 4) is 18.1 Å². The van der Waals surface area contributed by atoms with E-state index in [0.29, 0.717) is 0 Å². The minimum absolute atomic E-state index is 0.0647. The molecule has 0 saturated heterocycles. The van der Waals surface area contributed by atoms with Gasteiger partial charge in [0.15, 0.2) is 0 Å². The SMILES string of the molecule is C#CC(C)NC(CC)c1ccccc1OC. The number of benzene rings is 1. The van der Waals surface area contributed by atoms with Gasteiger partial charge in [0.25, 0.3) is 0 Å². The predicted molar refractivity (Wildman–Crippen MR) is 67.5 cm³/mol. The zero-order valence-corrected chi connectivity index (χ0v) is 10.2. The fourth-order valence-corrected chi connectivity index (χ4v) is 1.73. The fourth-order valence-electron chi connectivity index (χ4n) is 1.73. The van der Waals surface area contributed by atoms with E-state index in [1.54, 1.807) is 7.11 Å². The average Bonchev–Trinajstić information content (AvgIpc) is 2.35. The second-order valence-electron chi connectivity index (χ2n) is 3.76. The summed E-state index contributed by atoms with van der Waals surface area (Å²) in [4.78, 5) is 0. The second-order valence-corrected chi connectivity index (χ2v) is 3.76. The van der Waals surface area contributed by atoms with E-state index in [0.717, 1.165) is 17.7 Å². The van der Waals surface area contributed by atoms with Crippen LogP contribution in [0.2, 0.25) is 0 Å². The first-order valence-corrected chi connectivity index (χ1v) is 5.58. The molecular formula is C14H19NO. The van der Waals surface area contributed by atoms with Gasteiger partial charge in [-0.2, -0.15) is 0 Å². The Morgan fingerprint density at radius 1 is 1.44 bits per heavy atom. The van der Waals surface area contributed by atoms with Gasteiger partial charge in [-0.3, -0.25) is 5.32 Å². The Kier molecular flexibility index (Phi) is 4.88. The van der Waals surface area contributed by atoms with Crippen LogP contribution in [0.3, 0.4) is 0 Å². The zero-order chi connectivity index (χ0) is 12.0. The summed E-state index contributed by atoms with van der Waals surface area (Å²) >= 11 is 0. The smallest absolute Gasteiger partial charge is 0.123 e. The highest BCUT2D eigenvalue weighted by Gasteiger charge is 2.14. The quantitative estimate of drug-likeness (QED) is 0.766. The molecule has 1 N–H and O–H groups in total. The molecule has 0 aromatic heterocycles. The maximum atomic E-state index is 5.38. The molecule has 2 atom stereocenters. The van der Waals surface area contributed by atoms with Crippen LogP contribution in [0.5, 0.6) is 5.75 Å². The van der Waals surface area contributed by atoms with Gasteiger partial charge in [-0.1, -0.05) is 31.0 Å². The van der Waals surface area contributed by atoms with Gasteiger partial charge in [0.05, 0.1) is 13.2 Å². The van der Waals surface area contributed by atoms with Crippen molar-refractivity contribution in [2.75, 3.05) is 7.11 Å². The van der Waals surface area contributed by atoms with Crippen LogP contribution in [0.4, 0.5) is 0 Å². The Balaban J connectivity index is 2.90. The van der Waals surface area contributed by atoms with Crippen LogP contribution in [-0.2, 0) is 0 Å². The first kappa shape index (κ1) is 12.6. The van der Waals surface area contributed by atoms with E-state index in [1.807, 2.05) is 25.1 Å². The van der Waals surface area contributed by atoms with E-state index in [4.69, 9.17) is 11.2 Å². The monoisotopic (exact) mass is 217 g/mol. The van der Waals surface area contributed by atoms with Crippen molar-refractivity contribution >= 4 is 0 Å². The molecule has 0 heterocycles. The lowest BCUT2D eigenvalue weighted by Gasteiger charge is -2.21. The van der Waals surface area contributed by atoms with Crippen molar-refractivity contribution in [1.82, 2.24) is 5.32 Å². The molecule has 1 aromatic carbocycles. The Morgan fingerprint density at radius 3 is 2.69 bits per heavy atom. The lowest BCUT2D eigenvalue weighted by Crippen LogP contribution is -2.29. The van der Waals surface area contributed by atoms with E-state index < -0.39 is 0 Å². The van der Waals surface area contributed by atoms with E-state index in [9.17, 15) is 0 Å². The molecule has 0 saturated carbocycles. The number of terminal acetylenes is 1. The number of ether oxygens (including phenoxy) is 1. The lowest BCUT2D eigenvalue weighted by molar-refractivity contribution is 0.394. The summed E-state index contributed by atoms with van der Waals surface area (Å²) in [6, 6.07) is 8.34. The number of hydrogen-bond acceptors (Lipinski definition) is 2. The fraction of sp³-hybridized carbons (Fsp3) is 0.429. The summed E-state index contributed by atoms with van der Waals surface area (Å²) in [5.41, 5.74) is 1.16. The molecule has 0 bridgehead atoms. The third-order valence-electron chi connectivity index (χ3n) is 2.62. The van der Waals surface area contributed by atoms with Crippen LogP contribution in [0.25, 0.3) is 0 Å². The number of nitrogens with one attached hydrogen (secondary N) is 1. The highest BCUT2D eigenvalue weighted by Crippen LogP contribution is 2.26. The number of rotatable bonds is 5. The summed E-state index contributed by atoms with van der Waals surface area (Å²) < 4.78 is 5.35. The van der Waals surface area contributed by atoms with Gasteiger partial charge in [0.1, 0.15) is 5.75 Å². The largest absolute Gasteiger partial charge is 0.496 e. The first-order chi connectivity index (χ1) is 7.72. The molecular weight excluding hydrogens is 198 g/mol. The molecule has 0 amide bonds. The van der Waals surface area contributed by atoms with Crippen LogP contribution in [-0.4, -0.2) is 13.2 Å². The van der Waals surface area contributed by atoms with Crippen molar-refractivity contribution in [2.24, 2.45) is 0 Å². The predicted octanol–water partition coefficient (Wildman–Crippen LogP) is 2.76. The zero-order valence-electron chi connectivity index (χ0n) is 10.2. The highest BCUT2D eigenvalue weighted by atomic mass is 16.5. The van der Waals surface area contributed by atoms with Gasteiger partial charge in [0, 0.05) is 11.6 Å². The van der Waals surface area contributed by atoms with Crippen molar-refractivity contribution in [3.05, 3.63) is 29.8 Å². The van der Waals surface area contributed by atoms with E-state index in [-0.39, 0.29) is 12.1 Å². The third kappa shape index (κ3) is 3.01. The molecule has 2 unspecified atom stereocenters. The number of para-hydroxylation sites is 1. The molecule has 1 aromatic rings. The Labute approximate surface area is 98.0 Å². The Bertz CT molecular complexity index is 367. The maximum absolute atomic E-state index is 5.38. The molecule has 16 heavy (non-hydrogen) atoms. The molecule has 0 aliphatic rings. The molecule has 0 aliphatic carbocycles. The molecule has 0 spiro atoms. The summed E-state index contributed by atoms with van der Waals surface area (Å²) in [5.74, 6) is 3.59. The molecule has 2 heteroatoms. The summed E-state index contributed by atoms with van der Waals surface area (Å²) in [6.45, 7) is 4.12. The summed E-state index contributed by atoms with van der Waals surface area (Å²) in [6.07, 6.45) is 6.36. The van der Waals surface area contributed by atoms with Gasteiger partial charge in [-0.05, 0) is 19.4 Å². The van der Waals surface area contributed by atoms with Crippen LogP contribution in [0.15, 0.2) is 24.3 Å². The molecule has 86 valence electrons. The van der Waals surface area contributed by atoms with Gasteiger partial charge in [0.2, 0.25) is 0 Å². The van der Waals surface area contributed by atoms with Gasteiger partial charge >= 0.3 is 0 Å².